The van der Waals surface area contributed by atoms with Crippen LogP contribution in [0.2, 0.25) is 0 Å². The highest BCUT2D eigenvalue weighted by atomic mass is 19.1. The van der Waals surface area contributed by atoms with Crippen LogP contribution in [0.3, 0.4) is 0 Å². The van der Waals surface area contributed by atoms with Crippen molar-refractivity contribution in [1.82, 2.24) is 4.90 Å². The third-order valence-corrected chi connectivity index (χ3v) is 4.56. The van der Waals surface area contributed by atoms with Gasteiger partial charge in [0.2, 0.25) is 5.91 Å². The van der Waals surface area contributed by atoms with Gasteiger partial charge in [-0.2, -0.15) is 0 Å². The first kappa shape index (κ1) is 18.6. The molecule has 142 valence electrons. The van der Waals surface area contributed by atoms with Crippen molar-refractivity contribution in [3.63, 3.8) is 0 Å². The Morgan fingerprint density at radius 2 is 1.81 bits per heavy atom. The molecule has 2 aromatic rings. The Hall–Kier alpha value is -3.16. The lowest BCUT2D eigenvalue weighted by molar-refractivity contribution is -0.384. The average Bonchev–Trinajstić information content (AvgIpc) is 2.69. The van der Waals surface area contributed by atoms with E-state index in [4.69, 9.17) is 0 Å². The van der Waals surface area contributed by atoms with Gasteiger partial charge in [0.25, 0.3) is 5.69 Å². The number of para-hydroxylation sites is 1. The van der Waals surface area contributed by atoms with Gasteiger partial charge in [-0.05, 0) is 24.3 Å². The van der Waals surface area contributed by atoms with Crippen molar-refractivity contribution in [3.8, 4) is 0 Å². The molecule has 1 fully saturated rings. The topological polar surface area (TPSA) is 78.7 Å². The highest BCUT2D eigenvalue weighted by molar-refractivity contribution is 5.77. The van der Waals surface area contributed by atoms with Crippen LogP contribution in [0.15, 0.2) is 48.5 Å². The van der Waals surface area contributed by atoms with Crippen LogP contribution in [0.4, 0.5) is 21.5 Å². The number of carbonyl (C=O) groups excluding carboxylic acids is 1. The summed E-state index contributed by atoms with van der Waals surface area (Å²) in [4.78, 5) is 26.8. The Morgan fingerprint density at radius 3 is 2.48 bits per heavy atom. The molecule has 0 unspecified atom stereocenters. The van der Waals surface area contributed by atoms with Gasteiger partial charge in [-0.25, -0.2) is 4.39 Å². The third kappa shape index (κ3) is 4.72. The van der Waals surface area contributed by atoms with Crippen molar-refractivity contribution in [2.75, 3.05) is 42.9 Å². The van der Waals surface area contributed by atoms with Crippen molar-refractivity contribution in [3.05, 3.63) is 64.5 Å². The highest BCUT2D eigenvalue weighted by Crippen LogP contribution is 2.25. The largest absolute Gasteiger partial charge is 0.379 e. The molecule has 0 aliphatic carbocycles. The molecule has 1 heterocycles. The fourth-order valence-electron chi connectivity index (χ4n) is 3.12. The number of carbonyl (C=O) groups is 1. The molecule has 1 aliphatic rings. The maximum atomic E-state index is 13.2. The smallest absolute Gasteiger partial charge is 0.295 e. The predicted molar refractivity (Wildman–Crippen MR) is 101 cm³/mol. The zero-order valence-corrected chi connectivity index (χ0v) is 14.8. The summed E-state index contributed by atoms with van der Waals surface area (Å²) in [6.07, 6.45) is 0.222. The molecule has 0 radical (unpaired) electrons. The molecule has 1 saturated heterocycles. The normalized spacial score (nSPS) is 14.1. The summed E-state index contributed by atoms with van der Waals surface area (Å²) in [7, 11) is 0. The number of nitrogens with one attached hydrogen (secondary N) is 1. The van der Waals surface area contributed by atoms with Crippen molar-refractivity contribution >= 4 is 23.0 Å². The van der Waals surface area contributed by atoms with Crippen LogP contribution in [-0.4, -0.2) is 48.5 Å². The number of nitro groups is 1. The summed E-state index contributed by atoms with van der Waals surface area (Å²) in [5.74, 6) is -0.667. The summed E-state index contributed by atoms with van der Waals surface area (Å²) in [6.45, 7) is 3.08. The fourth-order valence-corrected chi connectivity index (χ4v) is 3.12. The number of nitro benzene ring substituents is 1. The molecule has 0 spiro atoms. The van der Waals surface area contributed by atoms with Crippen molar-refractivity contribution < 1.29 is 14.1 Å². The van der Waals surface area contributed by atoms with Gasteiger partial charge in [-0.1, -0.05) is 18.2 Å². The Bertz CT molecular complexity index is 808. The molecule has 1 amide bonds. The zero-order chi connectivity index (χ0) is 19.2. The number of amides is 1. The molecule has 0 atom stereocenters. The molecule has 2 aromatic carbocycles. The molecular weight excluding hydrogens is 351 g/mol. The third-order valence-electron chi connectivity index (χ3n) is 4.56. The van der Waals surface area contributed by atoms with Gasteiger partial charge in [0, 0.05) is 44.8 Å². The van der Waals surface area contributed by atoms with E-state index in [0.717, 1.165) is 30.9 Å². The van der Waals surface area contributed by atoms with Gasteiger partial charge in [-0.3, -0.25) is 14.9 Å². The van der Waals surface area contributed by atoms with Crippen molar-refractivity contribution in [2.24, 2.45) is 0 Å². The molecule has 3 rings (SSSR count). The second-order valence-electron chi connectivity index (χ2n) is 6.30. The van der Waals surface area contributed by atoms with E-state index >= 15 is 0 Å². The quantitative estimate of drug-likeness (QED) is 0.623. The Morgan fingerprint density at radius 1 is 1.11 bits per heavy atom. The van der Waals surface area contributed by atoms with Crippen LogP contribution in [0.5, 0.6) is 0 Å². The van der Waals surface area contributed by atoms with Crippen LogP contribution < -0.4 is 10.2 Å². The maximum Gasteiger partial charge on any atom is 0.295 e. The number of rotatable bonds is 6. The minimum Gasteiger partial charge on any atom is -0.379 e. The number of halogens is 1. The summed E-state index contributed by atoms with van der Waals surface area (Å²) in [5.41, 5.74) is 1.02. The summed E-state index contributed by atoms with van der Waals surface area (Å²) >= 11 is 0. The first-order valence-corrected chi connectivity index (χ1v) is 8.80. The second-order valence-corrected chi connectivity index (χ2v) is 6.30. The molecule has 27 heavy (non-hydrogen) atoms. The van der Waals surface area contributed by atoms with E-state index in [9.17, 15) is 19.3 Å². The van der Waals surface area contributed by atoms with E-state index in [1.807, 2.05) is 18.2 Å². The standard InChI is InChI=1S/C19H21FN4O3/c20-15-6-7-17(18(14-15)24(26)27)21-9-8-19(25)23-12-10-22(11-13-23)16-4-2-1-3-5-16/h1-7,14,21H,8-13H2. The van der Waals surface area contributed by atoms with Crippen LogP contribution in [-0.2, 0) is 4.79 Å². The number of anilines is 2. The number of nitrogens with zero attached hydrogens (tertiary/aromatic N) is 3. The lowest BCUT2D eigenvalue weighted by Gasteiger charge is -2.36. The summed E-state index contributed by atoms with van der Waals surface area (Å²) in [6, 6.07) is 13.4. The minimum atomic E-state index is -0.667. The molecular formula is C19H21FN4O3. The summed E-state index contributed by atoms with van der Waals surface area (Å²) < 4.78 is 13.2. The molecule has 1 N–H and O–H groups in total. The molecule has 1 aliphatic heterocycles. The molecule has 0 bridgehead atoms. The first-order valence-electron chi connectivity index (χ1n) is 8.80. The van der Waals surface area contributed by atoms with Gasteiger partial charge in [0.1, 0.15) is 11.5 Å². The lowest BCUT2D eigenvalue weighted by Crippen LogP contribution is -2.49. The number of benzene rings is 2. The number of hydrogen-bond donors (Lipinski definition) is 1. The molecule has 8 heteroatoms. The average molecular weight is 372 g/mol. The van der Waals surface area contributed by atoms with Crippen LogP contribution >= 0.6 is 0 Å². The van der Waals surface area contributed by atoms with E-state index in [1.165, 1.54) is 6.07 Å². The van der Waals surface area contributed by atoms with Gasteiger partial charge < -0.3 is 15.1 Å². The predicted octanol–water partition coefficient (Wildman–Crippen LogP) is 2.88. The minimum absolute atomic E-state index is 0.0000218. The van der Waals surface area contributed by atoms with Crippen LogP contribution in [0.25, 0.3) is 0 Å². The SMILES string of the molecule is O=C(CCNc1ccc(F)cc1[N+](=O)[O-])N1CCN(c2ccccc2)CC1. The Labute approximate surface area is 156 Å². The Kier molecular flexibility index (Phi) is 5.85. The van der Waals surface area contributed by atoms with Crippen LogP contribution in [0, 0.1) is 15.9 Å². The zero-order valence-electron chi connectivity index (χ0n) is 14.8. The first-order chi connectivity index (χ1) is 13.0. The van der Waals surface area contributed by atoms with Gasteiger partial charge >= 0.3 is 0 Å². The maximum absolute atomic E-state index is 13.2. The van der Waals surface area contributed by atoms with E-state index < -0.39 is 10.7 Å². The van der Waals surface area contributed by atoms with E-state index in [-0.39, 0.29) is 30.2 Å². The molecule has 0 saturated carbocycles. The highest BCUT2D eigenvalue weighted by Gasteiger charge is 2.21. The van der Waals surface area contributed by atoms with Crippen LogP contribution in [0.1, 0.15) is 6.42 Å². The van der Waals surface area contributed by atoms with E-state index in [2.05, 4.69) is 22.3 Å². The number of piperazine rings is 1. The Balaban J connectivity index is 1.48. The summed E-state index contributed by atoms with van der Waals surface area (Å²) in [5, 5.41) is 13.8. The van der Waals surface area contributed by atoms with Crippen molar-refractivity contribution in [1.29, 1.82) is 0 Å². The van der Waals surface area contributed by atoms with Gasteiger partial charge in [-0.15, -0.1) is 0 Å². The molecule has 7 nitrogen and oxygen atoms in total. The van der Waals surface area contributed by atoms with E-state index in [1.54, 1.807) is 4.90 Å². The van der Waals surface area contributed by atoms with E-state index in [0.29, 0.717) is 13.1 Å². The number of hydrogen-bond acceptors (Lipinski definition) is 5. The fraction of sp³-hybridized carbons (Fsp3) is 0.316. The van der Waals surface area contributed by atoms with Gasteiger partial charge in [0.15, 0.2) is 0 Å². The van der Waals surface area contributed by atoms with Gasteiger partial charge in [0.05, 0.1) is 11.0 Å². The lowest BCUT2D eigenvalue weighted by atomic mass is 10.2. The second kappa shape index (κ2) is 8.48. The monoisotopic (exact) mass is 372 g/mol. The molecule has 0 aromatic heterocycles. The van der Waals surface area contributed by atoms with Crippen molar-refractivity contribution in [2.45, 2.75) is 6.42 Å².